The Balaban J connectivity index is 2.08. The molecule has 18 heavy (non-hydrogen) atoms. The van der Waals surface area contributed by atoms with Crippen molar-refractivity contribution >= 4 is 32.5 Å². The quantitative estimate of drug-likeness (QED) is 0.856. The molecule has 2 aromatic rings. The Bertz CT molecular complexity index is 538. The molecule has 1 unspecified atom stereocenters. The largest absolute Gasteiger partial charge is 0.497 e. The summed E-state index contributed by atoms with van der Waals surface area (Å²) in [7, 11) is 0.909. The van der Waals surface area contributed by atoms with E-state index in [1.54, 1.807) is 19.2 Å². The monoisotopic (exact) mass is 298 g/mol. The summed E-state index contributed by atoms with van der Waals surface area (Å²) >= 11 is 11.1. The Labute approximate surface area is 118 Å². The van der Waals surface area contributed by atoms with Crippen LogP contribution in [0, 0.1) is 0 Å². The van der Waals surface area contributed by atoms with Gasteiger partial charge in [-0.3, -0.25) is 0 Å². The third kappa shape index (κ3) is 3.45. The predicted octanol–water partition coefficient (Wildman–Crippen LogP) is 3.78. The Morgan fingerprint density at radius 1 is 0.944 bits per heavy atom. The van der Waals surface area contributed by atoms with Crippen molar-refractivity contribution in [3.63, 3.8) is 0 Å². The third-order valence-corrected chi connectivity index (χ3v) is 4.27. The molecule has 0 amide bonds. The Kier molecular flexibility index (Phi) is 4.58. The summed E-state index contributed by atoms with van der Waals surface area (Å²) in [5.41, 5.74) is 0. The van der Waals surface area contributed by atoms with Gasteiger partial charge in [-0.05, 0) is 59.7 Å². The second-order valence-corrected chi connectivity index (χ2v) is 5.90. The van der Waals surface area contributed by atoms with Gasteiger partial charge in [0, 0.05) is 9.92 Å². The number of hydrogen-bond donors (Lipinski definition) is 0. The van der Waals surface area contributed by atoms with Crippen LogP contribution in [0.25, 0.3) is 0 Å². The van der Waals surface area contributed by atoms with Gasteiger partial charge >= 0.3 is 0 Å². The normalized spacial score (nSPS) is 11.9. The van der Waals surface area contributed by atoms with Gasteiger partial charge < -0.3 is 8.92 Å². The average Bonchev–Trinajstić information content (AvgIpc) is 2.40. The molecule has 94 valence electrons. The fourth-order valence-corrected chi connectivity index (χ4v) is 2.75. The van der Waals surface area contributed by atoms with E-state index in [1.165, 1.54) is 0 Å². The molecule has 1 atom stereocenters. The lowest BCUT2D eigenvalue weighted by Crippen LogP contribution is -1.99. The summed E-state index contributed by atoms with van der Waals surface area (Å²) in [5.74, 6) is 1.52. The molecule has 0 aliphatic rings. The molecule has 0 aliphatic heterocycles. The topological polar surface area (TPSA) is 18.5 Å². The summed E-state index contributed by atoms with van der Waals surface area (Å²) in [6, 6.07) is 14.7. The molecule has 2 nitrogen and oxygen atoms in total. The molecule has 0 saturated heterocycles. The van der Waals surface area contributed by atoms with Gasteiger partial charge in [-0.15, -0.1) is 0 Å². The Morgan fingerprint density at radius 3 is 2.06 bits per heavy atom. The molecule has 0 N–H and O–H groups in total. The highest BCUT2D eigenvalue weighted by Crippen LogP contribution is 2.20. The van der Waals surface area contributed by atoms with Gasteiger partial charge in [-0.2, -0.15) is 0 Å². The summed E-state index contributed by atoms with van der Waals surface area (Å²) in [4.78, 5) is 0.935. The van der Waals surface area contributed by atoms with Crippen molar-refractivity contribution in [1.82, 2.24) is 0 Å². The second-order valence-electron chi connectivity index (χ2n) is 3.45. The standard InChI is InChI=1S/C13H11ClO2S2/c1-15-11-4-6-12(7-5-11)16-18(17)13-8-2-10(14)3-9-13/h2-9H,1H3. The van der Waals surface area contributed by atoms with Crippen molar-refractivity contribution in [2.75, 3.05) is 7.11 Å². The molecular formula is C13H11ClO2S2. The van der Waals surface area contributed by atoms with Crippen LogP contribution in [-0.2, 0) is 20.9 Å². The first-order valence-electron chi connectivity index (χ1n) is 5.19. The minimum absolute atomic E-state index is 0.690. The van der Waals surface area contributed by atoms with Crippen LogP contribution >= 0.6 is 11.6 Å². The van der Waals surface area contributed by atoms with Crippen LogP contribution in [-0.4, -0.2) is 7.11 Å². The van der Waals surface area contributed by atoms with E-state index in [-0.39, 0.29) is 0 Å². The average molecular weight is 299 g/mol. The first kappa shape index (κ1) is 13.3. The van der Waals surface area contributed by atoms with E-state index >= 15 is 0 Å². The number of rotatable bonds is 4. The summed E-state index contributed by atoms with van der Waals surface area (Å²) < 4.78 is 10.8. The van der Waals surface area contributed by atoms with E-state index in [4.69, 9.17) is 31.7 Å². The molecule has 0 bridgehead atoms. The van der Waals surface area contributed by atoms with Crippen molar-refractivity contribution in [3.8, 4) is 11.5 Å². The smallest absolute Gasteiger partial charge is 0.138 e. The molecular weight excluding hydrogens is 288 g/mol. The zero-order valence-electron chi connectivity index (χ0n) is 9.63. The number of methoxy groups -OCH3 is 1. The molecule has 0 fully saturated rings. The van der Waals surface area contributed by atoms with Crippen LogP contribution in [0.15, 0.2) is 53.4 Å². The number of benzene rings is 2. The minimum Gasteiger partial charge on any atom is -0.497 e. The van der Waals surface area contributed by atoms with Gasteiger partial charge in [0.1, 0.15) is 11.5 Å². The SMILES string of the molecule is COc1ccc(OS(=S)c2ccc(Cl)cc2)cc1. The highest BCUT2D eigenvalue weighted by Gasteiger charge is 2.03. The lowest BCUT2D eigenvalue weighted by molar-refractivity contribution is 0.414. The van der Waals surface area contributed by atoms with Crippen LogP contribution in [0.4, 0.5) is 0 Å². The van der Waals surface area contributed by atoms with Gasteiger partial charge in [-0.25, -0.2) is 0 Å². The maximum atomic E-state index is 5.82. The van der Waals surface area contributed by atoms with Gasteiger partial charge in [-0.1, -0.05) is 11.6 Å². The maximum absolute atomic E-state index is 5.82. The lowest BCUT2D eigenvalue weighted by Gasteiger charge is -2.08. The van der Waals surface area contributed by atoms with Crippen LogP contribution in [0.5, 0.6) is 11.5 Å². The van der Waals surface area contributed by atoms with Crippen LogP contribution in [0.3, 0.4) is 0 Å². The highest BCUT2D eigenvalue weighted by molar-refractivity contribution is 8.26. The number of halogens is 1. The molecule has 0 saturated carbocycles. The third-order valence-electron chi connectivity index (χ3n) is 2.24. The first-order chi connectivity index (χ1) is 8.69. The zero-order chi connectivity index (χ0) is 13.0. The van der Waals surface area contributed by atoms with E-state index < -0.39 is 9.74 Å². The number of ether oxygens (including phenoxy) is 1. The molecule has 0 radical (unpaired) electrons. The minimum atomic E-state index is -0.717. The van der Waals surface area contributed by atoms with Crippen LogP contribution < -0.4 is 8.92 Å². The zero-order valence-corrected chi connectivity index (χ0v) is 12.0. The molecule has 2 aromatic carbocycles. The van der Waals surface area contributed by atoms with E-state index in [2.05, 4.69) is 0 Å². The lowest BCUT2D eigenvalue weighted by atomic mass is 10.3. The predicted molar refractivity (Wildman–Crippen MR) is 78.1 cm³/mol. The second kappa shape index (κ2) is 6.18. The van der Waals surface area contributed by atoms with Gasteiger partial charge in [0.2, 0.25) is 0 Å². The van der Waals surface area contributed by atoms with Crippen molar-refractivity contribution in [2.24, 2.45) is 0 Å². The van der Waals surface area contributed by atoms with Crippen molar-refractivity contribution in [2.45, 2.75) is 4.90 Å². The molecule has 0 aliphatic carbocycles. The van der Waals surface area contributed by atoms with Gasteiger partial charge in [0.25, 0.3) is 0 Å². The number of hydrogen-bond acceptors (Lipinski definition) is 3. The molecule has 2 rings (SSSR count). The van der Waals surface area contributed by atoms with E-state index in [9.17, 15) is 0 Å². The van der Waals surface area contributed by atoms with E-state index in [1.807, 2.05) is 36.4 Å². The van der Waals surface area contributed by atoms with Gasteiger partial charge in [0.15, 0.2) is 0 Å². The molecule has 0 spiro atoms. The Hall–Kier alpha value is -1.10. The van der Waals surface area contributed by atoms with Crippen LogP contribution in [0.2, 0.25) is 5.02 Å². The van der Waals surface area contributed by atoms with E-state index in [0.29, 0.717) is 5.02 Å². The molecule has 0 aromatic heterocycles. The fraction of sp³-hybridized carbons (Fsp3) is 0.0769. The molecule has 5 heteroatoms. The van der Waals surface area contributed by atoms with Crippen molar-refractivity contribution in [1.29, 1.82) is 0 Å². The van der Waals surface area contributed by atoms with Gasteiger partial charge in [0.05, 0.1) is 16.8 Å². The Morgan fingerprint density at radius 2 is 1.50 bits per heavy atom. The maximum Gasteiger partial charge on any atom is 0.138 e. The van der Waals surface area contributed by atoms with Crippen molar-refractivity contribution in [3.05, 3.63) is 53.6 Å². The van der Waals surface area contributed by atoms with E-state index in [0.717, 1.165) is 16.4 Å². The molecule has 0 heterocycles. The summed E-state index contributed by atoms with van der Waals surface area (Å²) in [5, 5.41) is 0.690. The van der Waals surface area contributed by atoms with Crippen LogP contribution in [0.1, 0.15) is 0 Å². The highest BCUT2D eigenvalue weighted by atomic mass is 35.5. The van der Waals surface area contributed by atoms with Crippen molar-refractivity contribution < 1.29 is 8.92 Å². The first-order valence-corrected chi connectivity index (χ1v) is 7.64. The summed E-state index contributed by atoms with van der Waals surface area (Å²) in [6.07, 6.45) is 0. The fourth-order valence-electron chi connectivity index (χ4n) is 1.31. The summed E-state index contributed by atoms with van der Waals surface area (Å²) in [6.45, 7) is 0.